The topological polar surface area (TPSA) is 15.3 Å². The van der Waals surface area contributed by atoms with E-state index in [4.69, 9.17) is 0 Å². The summed E-state index contributed by atoms with van der Waals surface area (Å²) in [6, 6.07) is 7.32. The number of piperazine rings is 1. The fourth-order valence-corrected chi connectivity index (χ4v) is 3.46. The minimum atomic E-state index is 0. The zero-order valence-corrected chi connectivity index (χ0v) is 15.4. The van der Waals surface area contributed by atoms with Crippen LogP contribution in [-0.4, -0.2) is 31.1 Å². The molecule has 20 heavy (non-hydrogen) atoms. The maximum atomic E-state index is 3.74. The van der Waals surface area contributed by atoms with Crippen LogP contribution >= 0.6 is 40.7 Å². The quantitative estimate of drug-likeness (QED) is 0.831. The van der Waals surface area contributed by atoms with Crippen molar-refractivity contribution in [1.82, 2.24) is 10.2 Å². The van der Waals surface area contributed by atoms with Crippen molar-refractivity contribution < 1.29 is 0 Å². The van der Waals surface area contributed by atoms with Crippen molar-refractivity contribution in [2.24, 2.45) is 0 Å². The van der Waals surface area contributed by atoms with Gasteiger partial charge in [-0.1, -0.05) is 41.4 Å². The van der Waals surface area contributed by atoms with Crippen molar-refractivity contribution in [3.8, 4) is 0 Å². The first-order valence-corrected chi connectivity index (χ1v) is 7.72. The van der Waals surface area contributed by atoms with Crippen LogP contribution in [0.5, 0.6) is 0 Å². The maximum Gasteiger partial charge on any atom is 0.0360 e. The van der Waals surface area contributed by atoms with E-state index >= 15 is 0 Å². The van der Waals surface area contributed by atoms with Gasteiger partial charge in [0.25, 0.3) is 0 Å². The zero-order valence-electron chi connectivity index (χ0n) is 12.2. The van der Waals surface area contributed by atoms with Gasteiger partial charge < -0.3 is 5.32 Å². The molecule has 0 unspecified atom stereocenters. The van der Waals surface area contributed by atoms with Crippen molar-refractivity contribution in [3.05, 3.63) is 33.8 Å². The van der Waals surface area contributed by atoms with Crippen molar-refractivity contribution >= 4 is 40.7 Å². The molecule has 0 aromatic heterocycles. The Kier molecular flexibility index (Phi) is 10.1. The van der Waals surface area contributed by atoms with Gasteiger partial charge in [-0.3, -0.25) is 4.90 Å². The molecule has 116 valence electrons. The van der Waals surface area contributed by atoms with Crippen LogP contribution in [0.3, 0.4) is 0 Å². The number of nitrogens with zero attached hydrogens (tertiary/aromatic N) is 1. The summed E-state index contributed by atoms with van der Waals surface area (Å²) in [4.78, 5) is 2.62. The lowest BCUT2D eigenvalue weighted by Gasteiger charge is -2.35. The number of rotatable bonds is 4. The molecule has 1 aliphatic rings. The number of halogens is 3. The fourth-order valence-electron chi connectivity index (χ4n) is 2.70. The van der Waals surface area contributed by atoms with Gasteiger partial charge in [0.15, 0.2) is 0 Å². The predicted octanol–water partition coefficient (Wildman–Crippen LogP) is 4.35. The summed E-state index contributed by atoms with van der Waals surface area (Å²) in [7, 11) is 0. The van der Waals surface area contributed by atoms with Gasteiger partial charge in [0.1, 0.15) is 0 Å². The first-order valence-electron chi connectivity index (χ1n) is 6.93. The number of benzene rings is 1. The minimum Gasteiger partial charge on any atom is -0.314 e. The number of hydrogen-bond donors (Lipinski definition) is 1. The molecule has 2 nitrogen and oxygen atoms in total. The Labute approximate surface area is 143 Å². The van der Waals surface area contributed by atoms with Gasteiger partial charge in [0.05, 0.1) is 0 Å². The molecule has 5 heteroatoms. The summed E-state index contributed by atoms with van der Waals surface area (Å²) >= 11 is 3.74. The molecular formula is C15H25BrCl2N2. The van der Waals surface area contributed by atoms with E-state index < -0.39 is 0 Å². The lowest BCUT2D eigenvalue weighted by atomic mass is 9.99. The van der Waals surface area contributed by atoms with Crippen molar-refractivity contribution in [3.63, 3.8) is 0 Å². The van der Waals surface area contributed by atoms with Gasteiger partial charge in [0, 0.05) is 36.7 Å². The summed E-state index contributed by atoms with van der Waals surface area (Å²) in [5.41, 5.74) is 2.77. The van der Waals surface area contributed by atoms with E-state index in [1.54, 1.807) is 0 Å². The van der Waals surface area contributed by atoms with Crippen LogP contribution in [0, 0.1) is 6.92 Å². The fraction of sp³-hybridized carbons (Fsp3) is 0.600. The highest BCUT2D eigenvalue weighted by atomic mass is 79.9. The molecule has 1 heterocycles. The van der Waals surface area contributed by atoms with Crippen LogP contribution in [0.15, 0.2) is 22.7 Å². The highest BCUT2D eigenvalue weighted by Gasteiger charge is 2.22. The SMILES string of the molecule is CCC[C@H](c1ccc(C)cc1Br)N1CCNCC1.Cl.Cl. The molecule has 1 aromatic rings. The molecular weight excluding hydrogens is 359 g/mol. The molecule has 0 saturated carbocycles. The van der Waals surface area contributed by atoms with Crippen molar-refractivity contribution in [2.75, 3.05) is 26.2 Å². The zero-order chi connectivity index (χ0) is 13.0. The van der Waals surface area contributed by atoms with Crippen LogP contribution < -0.4 is 5.32 Å². The van der Waals surface area contributed by atoms with Crippen molar-refractivity contribution in [2.45, 2.75) is 32.7 Å². The van der Waals surface area contributed by atoms with E-state index in [1.807, 2.05) is 0 Å². The third kappa shape index (κ3) is 5.19. The predicted molar refractivity (Wildman–Crippen MR) is 95.5 cm³/mol. The molecule has 1 saturated heterocycles. The molecule has 1 atom stereocenters. The first kappa shape index (κ1) is 20.2. The Morgan fingerprint density at radius 1 is 1.25 bits per heavy atom. The second kappa shape index (κ2) is 10.0. The summed E-state index contributed by atoms with van der Waals surface area (Å²) in [5, 5.41) is 3.43. The molecule has 1 fully saturated rings. The van der Waals surface area contributed by atoms with E-state index in [2.05, 4.69) is 58.2 Å². The van der Waals surface area contributed by atoms with Crippen LogP contribution in [0.4, 0.5) is 0 Å². The van der Waals surface area contributed by atoms with E-state index in [9.17, 15) is 0 Å². The molecule has 1 aliphatic heterocycles. The highest BCUT2D eigenvalue weighted by molar-refractivity contribution is 9.10. The average Bonchev–Trinajstić information content (AvgIpc) is 2.38. The van der Waals surface area contributed by atoms with Crippen LogP contribution in [-0.2, 0) is 0 Å². The monoisotopic (exact) mass is 382 g/mol. The van der Waals surface area contributed by atoms with Crippen LogP contribution in [0.25, 0.3) is 0 Å². The van der Waals surface area contributed by atoms with Crippen LogP contribution in [0.2, 0.25) is 0 Å². The van der Waals surface area contributed by atoms with Crippen LogP contribution in [0.1, 0.15) is 36.9 Å². The van der Waals surface area contributed by atoms with Gasteiger partial charge in [0.2, 0.25) is 0 Å². The lowest BCUT2D eigenvalue weighted by Crippen LogP contribution is -2.45. The Hall–Kier alpha value is 0.200. The third-order valence-electron chi connectivity index (χ3n) is 3.67. The molecule has 1 N–H and O–H groups in total. The van der Waals surface area contributed by atoms with Gasteiger partial charge in [-0.15, -0.1) is 24.8 Å². The van der Waals surface area contributed by atoms with E-state index in [1.165, 1.54) is 28.4 Å². The van der Waals surface area contributed by atoms with E-state index in [0.717, 1.165) is 26.2 Å². The number of nitrogens with one attached hydrogen (secondary N) is 1. The second-order valence-electron chi connectivity index (χ2n) is 5.12. The van der Waals surface area contributed by atoms with Crippen molar-refractivity contribution in [1.29, 1.82) is 0 Å². The molecule has 0 bridgehead atoms. The number of hydrogen-bond acceptors (Lipinski definition) is 2. The first-order chi connectivity index (χ1) is 8.72. The Bertz CT molecular complexity index is 395. The molecule has 0 spiro atoms. The van der Waals surface area contributed by atoms with Gasteiger partial charge in [-0.05, 0) is 30.5 Å². The highest BCUT2D eigenvalue weighted by Crippen LogP contribution is 2.32. The molecule has 2 rings (SSSR count). The standard InChI is InChI=1S/C15H23BrN2.2ClH/c1-3-4-15(18-9-7-17-8-10-18)13-6-5-12(2)11-14(13)16;;/h5-6,11,15,17H,3-4,7-10H2,1-2H3;2*1H/t15-;;/m1../s1. The number of aryl methyl sites for hydroxylation is 1. The Morgan fingerprint density at radius 2 is 1.90 bits per heavy atom. The van der Waals surface area contributed by atoms with Gasteiger partial charge in [-0.25, -0.2) is 0 Å². The largest absolute Gasteiger partial charge is 0.314 e. The third-order valence-corrected chi connectivity index (χ3v) is 4.36. The summed E-state index contributed by atoms with van der Waals surface area (Å²) in [6.07, 6.45) is 2.47. The molecule has 0 amide bonds. The normalized spacial score (nSPS) is 16.9. The molecule has 0 radical (unpaired) electrons. The second-order valence-corrected chi connectivity index (χ2v) is 5.97. The Morgan fingerprint density at radius 3 is 2.45 bits per heavy atom. The Balaban J connectivity index is 0.00000180. The smallest absolute Gasteiger partial charge is 0.0360 e. The molecule has 1 aromatic carbocycles. The summed E-state index contributed by atoms with van der Waals surface area (Å²) < 4.78 is 1.26. The van der Waals surface area contributed by atoms with E-state index in [-0.39, 0.29) is 24.8 Å². The lowest BCUT2D eigenvalue weighted by molar-refractivity contribution is 0.164. The van der Waals surface area contributed by atoms with Gasteiger partial charge in [-0.2, -0.15) is 0 Å². The average molecular weight is 384 g/mol. The minimum absolute atomic E-state index is 0. The van der Waals surface area contributed by atoms with Gasteiger partial charge >= 0.3 is 0 Å². The van der Waals surface area contributed by atoms with E-state index in [0.29, 0.717) is 6.04 Å². The summed E-state index contributed by atoms with van der Waals surface area (Å²) in [6.45, 7) is 8.97. The summed E-state index contributed by atoms with van der Waals surface area (Å²) in [5.74, 6) is 0. The maximum absolute atomic E-state index is 3.74. The molecule has 0 aliphatic carbocycles.